The first-order chi connectivity index (χ1) is 10.4. The number of alkyl halides is 3. The van der Waals surface area contributed by atoms with E-state index in [4.69, 9.17) is 15.2 Å². The molecule has 0 aromatic heterocycles. The van der Waals surface area contributed by atoms with Crippen molar-refractivity contribution in [2.24, 2.45) is 5.92 Å². The summed E-state index contributed by atoms with van der Waals surface area (Å²) in [5, 5.41) is 0. The van der Waals surface area contributed by atoms with Crippen LogP contribution in [0.25, 0.3) is 0 Å². The van der Waals surface area contributed by atoms with E-state index in [0.717, 1.165) is 23.3 Å². The summed E-state index contributed by atoms with van der Waals surface area (Å²) < 4.78 is 49.3. The third kappa shape index (κ3) is 3.32. The fourth-order valence-corrected chi connectivity index (χ4v) is 3.29. The molecule has 3 nitrogen and oxygen atoms in total. The molecule has 0 spiro atoms. The van der Waals surface area contributed by atoms with Gasteiger partial charge in [-0.05, 0) is 43.4 Å². The Labute approximate surface area is 127 Å². The van der Waals surface area contributed by atoms with Crippen molar-refractivity contribution in [2.75, 3.05) is 12.3 Å². The van der Waals surface area contributed by atoms with E-state index >= 15 is 0 Å². The summed E-state index contributed by atoms with van der Waals surface area (Å²) in [6.07, 6.45) is -2.14. The van der Waals surface area contributed by atoms with Gasteiger partial charge in [-0.1, -0.05) is 0 Å². The van der Waals surface area contributed by atoms with Crippen molar-refractivity contribution < 1.29 is 22.6 Å². The van der Waals surface area contributed by atoms with E-state index in [2.05, 4.69) is 0 Å². The molecule has 0 saturated heterocycles. The Morgan fingerprint density at radius 2 is 1.91 bits per heavy atom. The maximum atomic E-state index is 12.6. The minimum absolute atomic E-state index is 0.114. The minimum atomic E-state index is -4.08. The summed E-state index contributed by atoms with van der Waals surface area (Å²) in [6.45, 7) is 0.983. The van der Waals surface area contributed by atoms with Crippen LogP contribution in [0.2, 0.25) is 0 Å². The van der Waals surface area contributed by atoms with E-state index in [1.54, 1.807) is 0 Å². The Hall–Kier alpha value is -1.43. The van der Waals surface area contributed by atoms with Crippen molar-refractivity contribution in [3.05, 3.63) is 23.3 Å². The average Bonchev–Trinajstić information content (AvgIpc) is 2.92. The van der Waals surface area contributed by atoms with Crippen LogP contribution in [0, 0.1) is 5.92 Å². The van der Waals surface area contributed by atoms with Crippen LogP contribution in [-0.4, -0.2) is 18.9 Å². The van der Waals surface area contributed by atoms with E-state index in [-0.39, 0.29) is 18.9 Å². The molecular formula is C16H20F3NO2. The lowest BCUT2D eigenvalue weighted by Gasteiger charge is -2.30. The van der Waals surface area contributed by atoms with Gasteiger partial charge in [0.25, 0.3) is 0 Å². The van der Waals surface area contributed by atoms with Gasteiger partial charge in [-0.3, -0.25) is 0 Å². The quantitative estimate of drug-likeness (QED) is 0.862. The Morgan fingerprint density at radius 1 is 1.18 bits per heavy atom. The third-order valence-corrected chi connectivity index (χ3v) is 4.49. The lowest BCUT2D eigenvalue weighted by Crippen LogP contribution is -2.30. The van der Waals surface area contributed by atoms with E-state index in [9.17, 15) is 13.2 Å². The summed E-state index contributed by atoms with van der Waals surface area (Å²) >= 11 is 0. The fourth-order valence-electron chi connectivity index (χ4n) is 3.29. The van der Waals surface area contributed by atoms with Gasteiger partial charge >= 0.3 is 6.18 Å². The lowest BCUT2D eigenvalue weighted by molar-refractivity contribution is -0.188. The SMILES string of the molecule is Nc1cc2c(c(COC3CCC(C(F)(F)F)CC3)c1)OCC2. The molecule has 1 aromatic rings. The molecule has 1 aromatic carbocycles. The molecule has 2 N–H and O–H groups in total. The molecule has 0 atom stereocenters. The number of rotatable bonds is 3. The molecule has 3 rings (SSSR count). The molecule has 122 valence electrons. The highest BCUT2D eigenvalue weighted by Crippen LogP contribution is 2.39. The lowest BCUT2D eigenvalue weighted by atomic mass is 9.87. The number of fused-ring (bicyclic) bond motifs is 1. The average molecular weight is 315 g/mol. The number of halogens is 3. The molecule has 1 heterocycles. The molecule has 22 heavy (non-hydrogen) atoms. The van der Waals surface area contributed by atoms with Crippen LogP contribution < -0.4 is 10.5 Å². The Balaban J connectivity index is 1.56. The molecule has 1 saturated carbocycles. The van der Waals surface area contributed by atoms with Gasteiger partial charge in [0.2, 0.25) is 0 Å². The van der Waals surface area contributed by atoms with Crippen LogP contribution in [-0.2, 0) is 17.8 Å². The van der Waals surface area contributed by atoms with E-state index in [1.165, 1.54) is 0 Å². The number of benzene rings is 1. The number of hydrogen-bond acceptors (Lipinski definition) is 3. The molecule has 2 aliphatic rings. The van der Waals surface area contributed by atoms with Gasteiger partial charge in [0.1, 0.15) is 5.75 Å². The molecule has 6 heteroatoms. The Bertz CT molecular complexity index is 537. The van der Waals surface area contributed by atoms with Gasteiger partial charge < -0.3 is 15.2 Å². The predicted octanol–water partition coefficient (Wildman–Crippen LogP) is 3.84. The van der Waals surface area contributed by atoms with Gasteiger partial charge in [-0.2, -0.15) is 13.2 Å². The van der Waals surface area contributed by atoms with Crippen LogP contribution in [0.3, 0.4) is 0 Å². The highest BCUT2D eigenvalue weighted by molar-refractivity contribution is 5.54. The third-order valence-electron chi connectivity index (χ3n) is 4.49. The van der Waals surface area contributed by atoms with Gasteiger partial charge in [-0.15, -0.1) is 0 Å². The van der Waals surface area contributed by atoms with E-state index in [1.807, 2.05) is 12.1 Å². The molecule has 1 aliphatic heterocycles. The second-order valence-corrected chi connectivity index (χ2v) is 6.09. The second-order valence-electron chi connectivity index (χ2n) is 6.09. The Kier molecular flexibility index (Phi) is 4.21. The van der Waals surface area contributed by atoms with E-state index in [0.29, 0.717) is 31.7 Å². The van der Waals surface area contributed by atoms with Gasteiger partial charge in [0.15, 0.2) is 0 Å². The van der Waals surface area contributed by atoms with Crippen LogP contribution in [0.15, 0.2) is 12.1 Å². The molecule has 0 bridgehead atoms. The Morgan fingerprint density at radius 3 is 2.59 bits per heavy atom. The van der Waals surface area contributed by atoms with Crippen LogP contribution >= 0.6 is 0 Å². The van der Waals surface area contributed by atoms with Crippen LogP contribution in [0.4, 0.5) is 18.9 Å². The van der Waals surface area contributed by atoms with E-state index < -0.39 is 12.1 Å². The number of nitrogen functional groups attached to an aromatic ring is 1. The second kappa shape index (κ2) is 5.99. The van der Waals surface area contributed by atoms with Crippen molar-refractivity contribution in [1.29, 1.82) is 0 Å². The van der Waals surface area contributed by atoms with Crippen molar-refractivity contribution >= 4 is 5.69 Å². The number of ether oxygens (including phenoxy) is 2. The van der Waals surface area contributed by atoms with Crippen LogP contribution in [0.1, 0.15) is 36.8 Å². The van der Waals surface area contributed by atoms with Gasteiger partial charge in [0.05, 0.1) is 25.2 Å². The van der Waals surface area contributed by atoms with Gasteiger partial charge in [-0.25, -0.2) is 0 Å². The predicted molar refractivity (Wildman–Crippen MR) is 76.6 cm³/mol. The molecule has 0 amide bonds. The first-order valence-electron chi connectivity index (χ1n) is 7.66. The highest BCUT2D eigenvalue weighted by atomic mass is 19.4. The van der Waals surface area contributed by atoms with Crippen molar-refractivity contribution in [3.63, 3.8) is 0 Å². The zero-order chi connectivity index (χ0) is 15.7. The summed E-state index contributed by atoms with van der Waals surface area (Å²) in [4.78, 5) is 0. The molecule has 1 aliphatic carbocycles. The minimum Gasteiger partial charge on any atom is -0.493 e. The monoisotopic (exact) mass is 315 g/mol. The fraction of sp³-hybridized carbons (Fsp3) is 0.625. The van der Waals surface area contributed by atoms with Crippen LogP contribution in [0.5, 0.6) is 5.75 Å². The number of anilines is 1. The van der Waals surface area contributed by atoms with Crippen molar-refractivity contribution in [3.8, 4) is 5.75 Å². The first kappa shape index (κ1) is 15.5. The van der Waals surface area contributed by atoms with Crippen molar-refractivity contribution in [1.82, 2.24) is 0 Å². The molecule has 0 unspecified atom stereocenters. The highest BCUT2D eigenvalue weighted by Gasteiger charge is 2.41. The zero-order valence-corrected chi connectivity index (χ0v) is 12.3. The number of hydrogen-bond donors (Lipinski definition) is 1. The normalized spacial score (nSPS) is 24.9. The number of nitrogens with two attached hydrogens (primary N) is 1. The largest absolute Gasteiger partial charge is 0.493 e. The smallest absolute Gasteiger partial charge is 0.391 e. The summed E-state index contributed by atoms with van der Waals surface area (Å²) in [5.41, 5.74) is 8.52. The van der Waals surface area contributed by atoms with Crippen molar-refractivity contribution in [2.45, 2.75) is 51.0 Å². The zero-order valence-electron chi connectivity index (χ0n) is 12.3. The standard InChI is InChI=1S/C16H20F3NO2/c17-16(18,19)12-1-3-14(4-2-12)22-9-11-8-13(20)7-10-5-6-21-15(10)11/h7-8,12,14H,1-6,9,20H2. The topological polar surface area (TPSA) is 44.5 Å². The first-order valence-corrected chi connectivity index (χ1v) is 7.66. The summed E-state index contributed by atoms with van der Waals surface area (Å²) in [7, 11) is 0. The summed E-state index contributed by atoms with van der Waals surface area (Å²) in [5.74, 6) is -0.342. The maximum absolute atomic E-state index is 12.6. The molecule has 0 radical (unpaired) electrons. The molecular weight excluding hydrogens is 295 g/mol. The maximum Gasteiger partial charge on any atom is 0.391 e. The molecule has 1 fully saturated rings. The summed E-state index contributed by atoms with van der Waals surface area (Å²) in [6, 6.07) is 3.73. The van der Waals surface area contributed by atoms with Gasteiger partial charge in [0, 0.05) is 17.7 Å².